The summed E-state index contributed by atoms with van der Waals surface area (Å²) in [5, 5.41) is 6.78. The number of halogens is 1. The van der Waals surface area contributed by atoms with E-state index in [2.05, 4.69) is 49.5 Å². The van der Waals surface area contributed by atoms with Crippen LogP contribution in [0.4, 0.5) is 5.82 Å². The molecule has 1 aromatic rings. The highest BCUT2D eigenvalue weighted by atomic mass is 127. The first-order chi connectivity index (χ1) is 14.8. The number of piperazine rings is 1. The molecule has 0 atom stereocenters. The Morgan fingerprint density at radius 2 is 1.87 bits per heavy atom. The highest BCUT2D eigenvalue weighted by Crippen LogP contribution is 2.19. The van der Waals surface area contributed by atoms with Crippen LogP contribution in [0.2, 0.25) is 0 Å². The van der Waals surface area contributed by atoms with Gasteiger partial charge in [-0.2, -0.15) is 0 Å². The van der Waals surface area contributed by atoms with Gasteiger partial charge in [-0.05, 0) is 37.1 Å². The summed E-state index contributed by atoms with van der Waals surface area (Å²) in [4.78, 5) is 13.8. The van der Waals surface area contributed by atoms with Crippen molar-refractivity contribution in [2.24, 2.45) is 4.99 Å². The van der Waals surface area contributed by atoms with Crippen LogP contribution in [0.15, 0.2) is 23.3 Å². The van der Waals surface area contributed by atoms with Gasteiger partial charge in [0.05, 0.1) is 12.7 Å². The average Bonchev–Trinajstić information content (AvgIpc) is 3.08. The molecule has 31 heavy (non-hydrogen) atoms. The number of pyridine rings is 1. The van der Waals surface area contributed by atoms with E-state index in [1.165, 1.54) is 44.1 Å². The van der Waals surface area contributed by atoms with Crippen LogP contribution in [0.1, 0.15) is 51.0 Å². The third-order valence-corrected chi connectivity index (χ3v) is 6.19. The molecule has 7 nitrogen and oxygen atoms in total. The molecule has 3 rings (SSSR count). The molecule has 0 unspecified atom stereocenters. The van der Waals surface area contributed by atoms with Gasteiger partial charge in [0.2, 0.25) is 0 Å². The third-order valence-electron chi connectivity index (χ3n) is 6.19. The standard InChI is InChI=1S/C23H40N6O.HI/c1-3-28-13-15-29(16-14-28)22-18-20(10-11-25-22)19-27-23(24-2)26-12-17-30-21-8-6-4-5-7-9-21;/h10-11,18,21H,3-9,12-17,19H2,1-2H3,(H2,24,26,27);1H. The molecule has 2 aliphatic rings. The van der Waals surface area contributed by atoms with E-state index in [9.17, 15) is 0 Å². The van der Waals surface area contributed by atoms with Crippen LogP contribution in [-0.2, 0) is 11.3 Å². The molecule has 2 heterocycles. The fourth-order valence-corrected chi connectivity index (χ4v) is 4.25. The topological polar surface area (TPSA) is 65.0 Å². The lowest BCUT2D eigenvalue weighted by molar-refractivity contribution is 0.0468. The molecule has 0 bridgehead atoms. The average molecular weight is 545 g/mol. The summed E-state index contributed by atoms with van der Waals surface area (Å²) in [6.45, 7) is 9.90. The molecule has 0 amide bonds. The highest BCUT2D eigenvalue weighted by molar-refractivity contribution is 14.0. The molecule has 1 aromatic heterocycles. The number of rotatable bonds is 8. The number of aromatic nitrogens is 1. The number of aliphatic imine (C=N–C) groups is 1. The minimum Gasteiger partial charge on any atom is -0.376 e. The Morgan fingerprint density at radius 3 is 2.55 bits per heavy atom. The number of nitrogens with zero attached hydrogens (tertiary/aromatic N) is 4. The molecule has 1 aliphatic heterocycles. The van der Waals surface area contributed by atoms with Crippen LogP contribution in [0.25, 0.3) is 0 Å². The number of guanidine groups is 1. The molecule has 1 aliphatic carbocycles. The van der Waals surface area contributed by atoms with Gasteiger partial charge in [-0.1, -0.05) is 32.6 Å². The molecule has 176 valence electrons. The molecule has 1 saturated carbocycles. The first-order valence-corrected chi connectivity index (χ1v) is 11.8. The van der Waals surface area contributed by atoms with E-state index in [0.29, 0.717) is 6.10 Å². The summed E-state index contributed by atoms with van der Waals surface area (Å²) in [6.07, 6.45) is 10.1. The summed E-state index contributed by atoms with van der Waals surface area (Å²) in [7, 11) is 1.81. The molecule has 0 radical (unpaired) electrons. The van der Waals surface area contributed by atoms with E-state index in [-0.39, 0.29) is 24.0 Å². The lowest BCUT2D eigenvalue weighted by Gasteiger charge is -2.34. The molecule has 1 saturated heterocycles. The Hall–Kier alpha value is -1.13. The zero-order valence-corrected chi connectivity index (χ0v) is 21.6. The van der Waals surface area contributed by atoms with Crippen LogP contribution < -0.4 is 15.5 Å². The van der Waals surface area contributed by atoms with E-state index in [4.69, 9.17) is 4.74 Å². The SMILES string of the molecule is CCN1CCN(c2cc(CNC(=NC)NCCOC3CCCCCC3)ccn2)CC1.I. The molecule has 8 heteroatoms. The van der Waals surface area contributed by atoms with Gasteiger partial charge in [-0.15, -0.1) is 24.0 Å². The maximum Gasteiger partial charge on any atom is 0.191 e. The van der Waals surface area contributed by atoms with E-state index >= 15 is 0 Å². The predicted molar refractivity (Wildman–Crippen MR) is 140 cm³/mol. The summed E-state index contributed by atoms with van der Waals surface area (Å²) in [5.74, 6) is 1.89. The van der Waals surface area contributed by atoms with Crippen LogP contribution in [0.3, 0.4) is 0 Å². The van der Waals surface area contributed by atoms with E-state index in [1.807, 2.05) is 13.2 Å². The second-order valence-electron chi connectivity index (χ2n) is 8.28. The van der Waals surface area contributed by atoms with Crippen molar-refractivity contribution < 1.29 is 4.74 Å². The van der Waals surface area contributed by atoms with Gasteiger partial charge in [-0.3, -0.25) is 4.99 Å². The lowest BCUT2D eigenvalue weighted by atomic mass is 10.1. The van der Waals surface area contributed by atoms with Crippen molar-refractivity contribution in [2.45, 2.75) is 58.1 Å². The monoisotopic (exact) mass is 544 g/mol. The van der Waals surface area contributed by atoms with Gasteiger partial charge >= 0.3 is 0 Å². The number of likely N-dealkylation sites (N-methyl/N-ethyl adjacent to an activating group) is 1. The number of anilines is 1. The maximum absolute atomic E-state index is 6.06. The van der Waals surface area contributed by atoms with Crippen molar-refractivity contribution in [3.8, 4) is 0 Å². The molecule has 2 fully saturated rings. The maximum atomic E-state index is 6.06. The highest BCUT2D eigenvalue weighted by Gasteiger charge is 2.17. The van der Waals surface area contributed by atoms with Crippen molar-refractivity contribution in [2.75, 3.05) is 57.8 Å². The number of nitrogens with one attached hydrogen (secondary N) is 2. The second-order valence-corrected chi connectivity index (χ2v) is 8.28. The van der Waals surface area contributed by atoms with Gasteiger partial charge in [0, 0.05) is 52.5 Å². The summed E-state index contributed by atoms with van der Waals surface area (Å²) < 4.78 is 6.06. The van der Waals surface area contributed by atoms with Crippen molar-refractivity contribution in [1.29, 1.82) is 0 Å². The normalized spacial score (nSPS) is 18.9. The van der Waals surface area contributed by atoms with Gasteiger partial charge in [0.1, 0.15) is 5.82 Å². The molecular weight excluding hydrogens is 503 g/mol. The van der Waals surface area contributed by atoms with Crippen LogP contribution in [0.5, 0.6) is 0 Å². The number of hydrogen-bond acceptors (Lipinski definition) is 5. The van der Waals surface area contributed by atoms with Crippen molar-refractivity contribution >= 4 is 35.8 Å². The van der Waals surface area contributed by atoms with Crippen molar-refractivity contribution in [3.05, 3.63) is 23.9 Å². The van der Waals surface area contributed by atoms with Crippen molar-refractivity contribution in [1.82, 2.24) is 20.5 Å². The smallest absolute Gasteiger partial charge is 0.191 e. The molecular formula is C23H41IN6O. The minimum atomic E-state index is 0. The Morgan fingerprint density at radius 1 is 1.13 bits per heavy atom. The van der Waals surface area contributed by atoms with Gasteiger partial charge in [0.15, 0.2) is 5.96 Å². The Balaban J connectivity index is 0.00000341. The largest absolute Gasteiger partial charge is 0.376 e. The van der Waals surface area contributed by atoms with Crippen LogP contribution >= 0.6 is 24.0 Å². The summed E-state index contributed by atoms with van der Waals surface area (Å²) in [6, 6.07) is 4.26. The zero-order valence-electron chi connectivity index (χ0n) is 19.3. The fraction of sp³-hybridized carbons (Fsp3) is 0.739. The number of ether oxygens (including phenoxy) is 1. The lowest BCUT2D eigenvalue weighted by Crippen LogP contribution is -2.46. The third kappa shape index (κ3) is 9.10. The van der Waals surface area contributed by atoms with Gasteiger partial charge in [-0.25, -0.2) is 4.98 Å². The van der Waals surface area contributed by atoms with Crippen LogP contribution in [0, 0.1) is 0 Å². The zero-order chi connectivity index (χ0) is 21.0. The van der Waals surface area contributed by atoms with Crippen LogP contribution in [-0.4, -0.2) is 74.9 Å². The fourth-order valence-electron chi connectivity index (χ4n) is 4.25. The first-order valence-electron chi connectivity index (χ1n) is 11.8. The Bertz CT molecular complexity index is 643. The van der Waals surface area contributed by atoms with E-state index in [1.54, 1.807) is 0 Å². The molecule has 2 N–H and O–H groups in total. The Kier molecular flexibility index (Phi) is 12.5. The quantitative estimate of drug-likeness (QED) is 0.172. The Labute approximate surface area is 205 Å². The second kappa shape index (κ2) is 14.8. The van der Waals surface area contributed by atoms with E-state index in [0.717, 1.165) is 64.2 Å². The minimum absolute atomic E-state index is 0. The predicted octanol–water partition coefficient (Wildman–Crippen LogP) is 3.25. The summed E-state index contributed by atoms with van der Waals surface area (Å²) >= 11 is 0. The van der Waals surface area contributed by atoms with Gasteiger partial charge < -0.3 is 25.2 Å². The molecule has 0 aromatic carbocycles. The van der Waals surface area contributed by atoms with Crippen molar-refractivity contribution in [3.63, 3.8) is 0 Å². The number of hydrogen-bond donors (Lipinski definition) is 2. The van der Waals surface area contributed by atoms with E-state index < -0.39 is 0 Å². The van der Waals surface area contributed by atoms with Gasteiger partial charge in [0.25, 0.3) is 0 Å². The molecule has 0 spiro atoms. The summed E-state index contributed by atoms with van der Waals surface area (Å²) in [5.41, 5.74) is 1.22. The first kappa shape index (κ1) is 26.1.